The number of nitrogens with zero attached hydrogens (tertiary/aromatic N) is 5. The third-order valence-electron chi connectivity index (χ3n) is 17.2. The summed E-state index contributed by atoms with van der Waals surface area (Å²) in [5, 5.41) is 21.3. The molecule has 0 amide bonds. The van der Waals surface area contributed by atoms with E-state index in [1.54, 1.807) is 0 Å². The number of benzene rings is 9. The minimum atomic E-state index is -1.77. The minimum Gasteiger partial charge on any atom is -0.507 e. The maximum atomic E-state index is 12.8. The molecule has 5 aromatic heterocycles. The molecule has 0 saturated carbocycles. The second-order valence-corrected chi connectivity index (χ2v) is 31.9. The van der Waals surface area contributed by atoms with Gasteiger partial charge in [-0.2, -0.15) is 0 Å². The average molecular weight is 1280 g/mol. The van der Waals surface area contributed by atoms with Crippen LogP contribution in [0.4, 0.5) is 0 Å². The number of imidazole rings is 1. The van der Waals surface area contributed by atoms with Gasteiger partial charge in [0, 0.05) is 82.1 Å². The summed E-state index contributed by atoms with van der Waals surface area (Å²) < 4.78 is 7.20. The average Bonchev–Trinajstić information content (AvgIpc) is 3.25. The first-order chi connectivity index (χ1) is 39.1. The van der Waals surface area contributed by atoms with E-state index in [1.807, 2.05) is 6.20 Å². The molecule has 0 aliphatic rings. The van der Waals surface area contributed by atoms with Crippen molar-refractivity contribution in [2.24, 2.45) is 0 Å². The fourth-order valence-corrected chi connectivity index (χ4v) is 14.0. The number of hydrogen-bond acceptors (Lipinski definition) is 3. The number of para-hydroxylation sites is 4. The topological polar surface area (TPSA) is 60.3 Å². The summed E-state index contributed by atoms with van der Waals surface area (Å²) in [6.07, 6.45) is 1.97. The summed E-state index contributed by atoms with van der Waals surface area (Å²) in [5.74, 6) is 0.937. The summed E-state index contributed by atoms with van der Waals surface area (Å²) in [6.45, 7) is 27.3. The van der Waals surface area contributed by atoms with Crippen molar-refractivity contribution >= 4 is 84.2 Å². The van der Waals surface area contributed by atoms with E-state index in [4.69, 9.17) is 9.97 Å². The molecule has 0 unspecified atom stereocenters. The molecule has 14 rings (SSSR count). The van der Waals surface area contributed by atoms with Crippen molar-refractivity contribution in [3.05, 3.63) is 211 Å². The van der Waals surface area contributed by atoms with Crippen molar-refractivity contribution in [1.82, 2.24) is 23.5 Å². The largest absolute Gasteiger partial charge is 0.507 e. The molecule has 414 valence electrons. The Kier molecular flexibility index (Phi) is 12.6. The van der Waals surface area contributed by atoms with Crippen LogP contribution in [0.2, 0.25) is 19.6 Å². The monoisotopic (exact) mass is 1280 g/mol. The zero-order valence-corrected chi connectivity index (χ0v) is 52.7. The third kappa shape index (κ3) is 8.67. The van der Waals surface area contributed by atoms with Gasteiger partial charge in [0.05, 0.1) is 57.9 Å². The fourth-order valence-electron chi connectivity index (χ4n) is 12.8. The zero-order valence-electron chi connectivity index (χ0n) is 49.4. The summed E-state index contributed by atoms with van der Waals surface area (Å²) >= 11 is 0. The van der Waals surface area contributed by atoms with Crippen LogP contribution in [0, 0.1) is 6.07 Å². The summed E-state index contributed by atoms with van der Waals surface area (Å²) in [5.41, 5.74) is 18.8. The Hall–Kier alpha value is -8.09. The number of hydrogen-bond donors (Lipinski definition) is 1. The minimum absolute atomic E-state index is 0. The number of aromatic hydroxyl groups is 1. The van der Waals surface area contributed by atoms with Crippen molar-refractivity contribution in [2.45, 2.75) is 98.2 Å². The molecule has 0 atom stereocenters. The first-order valence-electron chi connectivity index (χ1n) is 28.9. The van der Waals surface area contributed by atoms with Gasteiger partial charge in [0.1, 0.15) is 11.6 Å². The van der Waals surface area contributed by atoms with Gasteiger partial charge in [-0.3, -0.25) is 9.55 Å². The molecule has 9 aromatic carbocycles. The Morgan fingerprint density at radius 1 is 0.482 bits per heavy atom. The summed E-state index contributed by atoms with van der Waals surface area (Å²) in [7, 11) is -1.77. The van der Waals surface area contributed by atoms with E-state index < -0.39 is 8.07 Å². The maximum absolute atomic E-state index is 12.8. The number of fused-ring (bicyclic) bond motifs is 10. The third-order valence-corrected chi connectivity index (χ3v) is 19.3. The molecule has 0 aliphatic heterocycles. The molecule has 6 nitrogen and oxygen atoms in total. The molecule has 8 heteroatoms. The van der Waals surface area contributed by atoms with Gasteiger partial charge in [-0.05, 0) is 82.0 Å². The second-order valence-electron chi connectivity index (χ2n) is 26.8. The SMILES string of the molecule is CC(C)(C)c1cc(-c2cccc3c2nc(-c2cc(C(C)(C)C)cc(C(C)(C)C)c2O)n3-c2ccc([Si](C)(C)C)cc2-c2ccccc2)[c-]c(-c2nccc3c2c2ccccc2n3-c2cc3c4ccccc4n4c5ccccc5c(c2)c34)c1.[Pt]. The molecular weight excluding hydrogens is 1210 g/mol. The van der Waals surface area contributed by atoms with Crippen LogP contribution in [0.15, 0.2) is 188 Å². The van der Waals surface area contributed by atoms with Gasteiger partial charge in [0.2, 0.25) is 0 Å². The molecule has 0 bridgehead atoms. The van der Waals surface area contributed by atoms with Gasteiger partial charge in [0.15, 0.2) is 0 Å². The van der Waals surface area contributed by atoms with Crippen LogP contribution in [0.5, 0.6) is 5.75 Å². The van der Waals surface area contributed by atoms with E-state index in [9.17, 15) is 5.11 Å². The standard InChI is InChI=1S/C75H68N5OSi.Pt/c1-73(2,3)48-38-46(37-47(39-48)68-67-55-27-18-21-31-63(55)78(65(67)35-36-76-68)50-42-57-53-25-16-19-29-61(53)79-62-30-20-17-26-54(62)58(43-50)70(57)79)52-28-22-32-66-69(52)77-72(59-40-49(74(4,5)6)41-60(71(59)81)75(7,8)9)80(66)64-34-33-51(82(10,11)12)44-56(64)45-23-14-13-15-24-45;/h13-36,38-44,81H,1-12H3;/q-1;. The molecular formula is C75H68N5OPtSi-. The smallest absolute Gasteiger partial charge is 0.148 e. The number of phenols is 1. The number of aromatic nitrogens is 5. The molecule has 1 N–H and O–H groups in total. The van der Waals surface area contributed by atoms with E-state index in [2.05, 4.69) is 284 Å². The predicted octanol–water partition coefficient (Wildman–Crippen LogP) is 19.3. The Balaban J connectivity index is 0.00000645. The molecule has 0 radical (unpaired) electrons. The van der Waals surface area contributed by atoms with Gasteiger partial charge >= 0.3 is 0 Å². The quantitative estimate of drug-likeness (QED) is 0.128. The molecule has 0 spiro atoms. The number of rotatable bonds is 7. The van der Waals surface area contributed by atoms with Crippen molar-refractivity contribution in [3.63, 3.8) is 0 Å². The van der Waals surface area contributed by atoms with E-state index in [1.165, 1.54) is 43.3 Å². The van der Waals surface area contributed by atoms with Crippen LogP contribution in [0.3, 0.4) is 0 Å². The van der Waals surface area contributed by atoms with E-state index in [0.717, 1.165) is 94.4 Å². The van der Waals surface area contributed by atoms with E-state index >= 15 is 0 Å². The second kappa shape index (κ2) is 19.2. The molecule has 0 aliphatic carbocycles. The fraction of sp³-hybridized carbons (Fsp3) is 0.200. The van der Waals surface area contributed by atoms with Crippen molar-refractivity contribution in [2.75, 3.05) is 0 Å². The van der Waals surface area contributed by atoms with Gasteiger partial charge in [-0.25, -0.2) is 4.98 Å². The number of phenolic OH excluding ortho intramolecular Hbond substituents is 1. The Labute approximate surface area is 501 Å². The van der Waals surface area contributed by atoms with Crippen LogP contribution in [0.25, 0.3) is 127 Å². The molecule has 0 fully saturated rings. The van der Waals surface area contributed by atoms with Gasteiger partial charge in [-0.1, -0.05) is 214 Å². The van der Waals surface area contributed by atoms with Gasteiger partial charge in [0.25, 0.3) is 0 Å². The molecule has 14 aromatic rings. The van der Waals surface area contributed by atoms with Crippen molar-refractivity contribution in [1.29, 1.82) is 0 Å². The van der Waals surface area contributed by atoms with E-state index in [0.29, 0.717) is 11.4 Å². The zero-order chi connectivity index (χ0) is 56.9. The first-order valence-corrected chi connectivity index (χ1v) is 32.4. The van der Waals surface area contributed by atoms with Gasteiger partial charge in [-0.15, -0.1) is 29.3 Å². The van der Waals surface area contributed by atoms with Crippen LogP contribution in [0.1, 0.15) is 79.0 Å². The Morgan fingerprint density at radius 2 is 1.07 bits per heavy atom. The molecule has 5 heterocycles. The van der Waals surface area contributed by atoms with Crippen LogP contribution in [-0.4, -0.2) is 36.7 Å². The van der Waals surface area contributed by atoms with Gasteiger partial charge < -0.3 is 14.1 Å². The Bertz CT molecular complexity index is 4830. The van der Waals surface area contributed by atoms with Crippen LogP contribution in [-0.2, 0) is 37.3 Å². The normalized spacial score (nSPS) is 12.8. The molecule has 83 heavy (non-hydrogen) atoms. The van der Waals surface area contributed by atoms with E-state index in [-0.39, 0.29) is 43.1 Å². The van der Waals surface area contributed by atoms with Crippen molar-refractivity contribution < 1.29 is 26.2 Å². The predicted molar refractivity (Wildman–Crippen MR) is 349 cm³/mol. The van der Waals surface area contributed by atoms with Crippen LogP contribution >= 0.6 is 0 Å². The molecule has 0 saturated heterocycles. The number of pyridine rings is 1. The van der Waals surface area contributed by atoms with Crippen LogP contribution < -0.4 is 5.19 Å². The van der Waals surface area contributed by atoms with Crippen molar-refractivity contribution in [3.8, 4) is 62.0 Å². The maximum Gasteiger partial charge on any atom is 0.148 e. The Morgan fingerprint density at radius 3 is 1.71 bits per heavy atom. The summed E-state index contributed by atoms with van der Waals surface area (Å²) in [6, 6.07) is 70.7. The summed E-state index contributed by atoms with van der Waals surface area (Å²) in [4.78, 5) is 11.2. The first kappa shape index (κ1) is 54.2.